The van der Waals surface area contributed by atoms with E-state index in [-0.39, 0.29) is 11.3 Å². The maximum absolute atomic E-state index is 11.8. The number of fused-ring (bicyclic) bond motifs is 1. The van der Waals surface area contributed by atoms with Gasteiger partial charge >= 0.3 is 6.16 Å². The van der Waals surface area contributed by atoms with Crippen LogP contribution in [0.15, 0.2) is 47.6 Å². The van der Waals surface area contributed by atoms with Crippen molar-refractivity contribution in [2.75, 3.05) is 7.11 Å². The van der Waals surface area contributed by atoms with Gasteiger partial charge < -0.3 is 24.8 Å². The lowest BCUT2D eigenvalue weighted by atomic mass is 9.61. The number of aliphatic hydroxyl groups excluding tert-OH is 3. The molecule has 0 bridgehead atoms. The minimum absolute atomic E-state index is 0.176. The van der Waals surface area contributed by atoms with Crippen molar-refractivity contribution in [2.24, 2.45) is 23.2 Å². The molecule has 6 nitrogen and oxygen atoms in total. The Morgan fingerprint density at radius 3 is 2.57 bits per heavy atom. The van der Waals surface area contributed by atoms with Crippen LogP contribution in [-0.2, 0) is 9.47 Å². The fourth-order valence-corrected chi connectivity index (χ4v) is 7.28. The molecule has 3 aliphatic rings. The molecule has 37 heavy (non-hydrogen) atoms. The average Bonchev–Trinajstić information content (AvgIpc) is 3.24. The topological polar surface area (TPSA) is 96.2 Å². The first-order valence-electron chi connectivity index (χ1n) is 14.1. The summed E-state index contributed by atoms with van der Waals surface area (Å²) >= 11 is 0. The summed E-state index contributed by atoms with van der Waals surface area (Å²) in [5.74, 6) is 1.27. The molecule has 6 heteroatoms. The SMILES string of the molecule is C=C1/C(=C\C=C2/CCC[C@]3(C)[C@@H]([C@H](C)/C=C/[C@@H](O)C(CC)(CC)OC(=O)OC)CC[C@@H]23)C[C@@H](O)C[C@@H]1O. The third-order valence-corrected chi connectivity index (χ3v) is 9.72. The van der Waals surface area contributed by atoms with Crippen LogP contribution in [0.4, 0.5) is 4.79 Å². The third-order valence-electron chi connectivity index (χ3n) is 9.72. The highest BCUT2D eigenvalue weighted by molar-refractivity contribution is 5.60. The van der Waals surface area contributed by atoms with E-state index >= 15 is 0 Å². The van der Waals surface area contributed by atoms with E-state index < -0.39 is 30.1 Å². The molecular weight excluding hydrogens is 468 g/mol. The Labute approximate surface area is 223 Å². The smallest absolute Gasteiger partial charge is 0.438 e. The van der Waals surface area contributed by atoms with Gasteiger partial charge in [0.15, 0.2) is 0 Å². The lowest BCUT2D eigenvalue weighted by Crippen LogP contribution is -2.44. The normalized spacial score (nSPS) is 34.5. The van der Waals surface area contributed by atoms with E-state index in [2.05, 4.69) is 43.4 Å². The second kappa shape index (κ2) is 12.3. The summed E-state index contributed by atoms with van der Waals surface area (Å²) in [6, 6.07) is 0. The van der Waals surface area contributed by atoms with Crippen molar-refractivity contribution in [3.05, 3.63) is 47.6 Å². The Bertz CT molecular complexity index is 913. The molecule has 0 aromatic heterocycles. The van der Waals surface area contributed by atoms with Crippen LogP contribution in [-0.4, -0.2) is 52.5 Å². The molecule has 0 aromatic carbocycles. The summed E-state index contributed by atoms with van der Waals surface area (Å²) in [6.07, 6.45) is 13.0. The van der Waals surface area contributed by atoms with Crippen LogP contribution in [0.1, 0.15) is 85.5 Å². The number of ether oxygens (including phenoxy) is 2. The van der Waals surface area contributed by atoms with Crippen LogP contribution in [0.25, 0.3) is 0 Å². The number of methoxy groups -OCH3 is 1. The van der Waals surface area contributed by atoms with Crippen LogP contribution >= 0.6 is 0 Å². The molecule has 3 rings (SSSR count). The van der Waals surface area contributed by atoms with Crippen molar-refractivity contribution in [3.8, 4) is 0 Å². The Morgan fingerprint density at radius 1 is 1.22 bits per heavy atom. The molecule has 3 N–H and O–H groups in total. The summed E-state index contributed by atoms with van der Waals surface area (Å²) in [6.45, 7) is 12.5. The predicted molar refractivity (Wildman–Crippen MR) is 146 cm³/mol. The van der Waals surface area contributed by atoms with Gasteiger partial charge in [0.05, 0.1) is 19.3 Å². The molecule has 0 amide bonds. The van der Waals surface area contributed by atoms with Crippen LogP contribution in [0.2, 0.25) is 0 Å². The van der Waals surface area contributed by atoms with E-state index in [0.29, 0.717) is 37.5 Å². The van der Waals surface area contributed by atoms with Crippen molar-refractivity contribution in [3.63, 3.8) is 0 Å². The highest BCUT2D eigenvalue weighted by atomic mass is 16.7. The van der Waals surface area contributed by atoms with Crippen molar-refractivity contribution in [1.82, 2.24) is 0 Å². The van der Waals surface area contributed by atoms with E-state index in [4.69, 9.17) is 4.74 Å². The second-order valence-electron chi connectivity index (χ2n) is 11.7. The summed E-state index contributed by atoms with van der Waals surface area (Å²) in [5, 5.41) is 31.3. The number of carbonyl (C=O) groups excluding carboxylic acids is 1. The van der Waals surface area contributed by atoms with Gasteiger partial charge in [-0.25, -0.2) is 4.79 Å². The molecule has 7 atom stereocenters. The molecule has 0 radical (unpaired) electrons. The number of allylic oxidation sites excluding steroid dienone is 4. The molecule has 0 spiro atoms. The van der Waals surface area contributed by atoms with Gasteiger partial charge in [-0.05, 0) is 85.7 Å². The van der Waals surface area contributed by atoms with Crippen molar-refractivity contribution in [1.29, 1.82) is 0 Å². The Balaban J connectivity index is 1.75. The molecule has 208 valence electrons. The van der Waals surface area contributed by atoms with E-state index in [0.717, 1.165) is 36.8 Å². The Hall–Kier alpha value is -1.89. The highest BCUT2D eigenvalue weighted by Gasteiger charge is 2.50. The van der Waals surface area contributed by atoms with Gasteiger partial charge in [-0.2, -0.15) is 0 Å². The van der Waals surface area contributed by atoms with Crippen molar-refractivity contribution < 1.29 is 29.6 Å². The maximum Gasteiger partial charge on any atom is 0.508 e. The first-order chi connectivity index (χ1) is 17.5. The quantitative estimate of drug-likeness (QED) is 0.270. The number of hydrogen-bond donors (Lipinski definition) is 3. The monoisotopic (exact) mass is 516 g/mol. The lowest BCUT2D eigenvalue weighted by Gasteiger charge is -2.44. The van der Waals surface area contributed by atoms with Gasteiger partial charge in [-0.1, -0.05) is 64.2 Å². The summed E-state index contributed by atoms with van der Waals surface area (Å²) in [4.78, 5) is 11.8. The van der Waals surface area contributed by atoms with Gasteiger partial charge in [0.25, 0.3) is 0 Å². The molecule has 0 heterocycles. The maximum atomic E-state index is 11.8. The summed E-state index contributed by atoms with van der Waals surface area (Å²) in [7, 11) is 1.28. The van der Waals surface area contributed by atoms with Gasteiger partial charge in [0, 0.05) is 6.42 Å². The van der Waals surface area contributed by atoms with Crippen LogP contribution in [0.3, 0.4) is 0 Å². The van der Waals surface area contributed by atoms with Gasteiger partial charge in [0.1, 0.15) is 11.7 Å². The number of aliphatic hydroxyl groups is 3. The van der Waals surface area contributed by atoms with E-state index in [1.54, 1.807) is 0 Å². The van der Waals surface area contributed by atoms with Crippen molar-refractivity contribution >= 4 is 6.16 Å². The van der Waals surface area contributed by atoms with Gasteiger partial charge in [-0.15, -0.1) is 0 Å². The standard InChI is InChI=1S/C31H48O6/c1-7-31(8-2,37-29(35)36-6)28(34)16-11-20(3)25-14-15-26-22(10-9-17-30(25,26)5)12-13-23-18-24(32)19-27(33)21(23)4/h11-13,16,20,24-28,32-34H,4,7-10,14-15,17-19H2,1-3,5-6H3/b16-11+,22-12+,23-13-/t20-,24-,25-,26+,27+,28-,30-/m1/s1. The Morgan fingerprint density at radius 2 is 1.92 bits per heavy atom. The average molecular weight is 517 g/mol. The lowest BCUT2D eigenvalue weighted by molar-refractivity contribution is -0.0883. The minimum atomic E-state index is -0.996. The first-order valence-corrected chi connectivity index (χ1v) is 14.1. The molecule has 3 fully saturated rings. The number of hydrogen-bond acceptors (Lipinski definition) is 6. The fourth-order valence-electron chi connectivity index (χ4n) is 7.28. The van der Waals surface area contributed by atoms with E-state index in [1.807, 2.05) is 19.9 Å². The molecule has 0 aliphatic heterocycles. The molecular formula is C31H48O6. The number of rotatable bonds is 8. The van der Waals surface area contributed by atoms with Crippen LogP contribution in [0, 0.1) is 23.2 Å². The molecule has 0 aromatic rings. The molecule has 3 aliphatic carbocycles. The van der Waals surface area contributed by atoms with E-state index in [1.165, 1.54) is 19.1 Å². The third kappa shape index (κ3) is 6.23. The fraction of sp³-hybridized carbons (Fsp3) is 0.710. The van der Waals surface area contributed by atoms with Gasteiger partial charge in [0.2, 0.25) is 0 Å². The highest BCUT2D eigenvalue weighted by Crippen LogP contribution is 2.59. The molecule has 3 saturated carbocycles. The van der Waals surface area contributed by atoms with Crippen LogP contribution < -0.4 is 0 Å². The second-order valence-corrected chi connectivity index (χ2v) is 11.7. The molecule has 0 saturated heterocycles. The minimum Gasteiger partial charge on any atom is -0.438 e. The zero-order chi connectivity index (χ0) is 27.4. The largest absolute Gasteiger partial charge is 0.508 e. The zero-order valence-electron chi connectivity index (χ0n) is 23.4. The number of carbonyl (C=O) groups is 1. The van der Waals surface area contributed by atoms with E-state index in [9.17, 15) is 20.1 Å². The van der Waals surface area contributed by atoms with Crippen LogP contribution in [0.5, 0.6) is 0 Å². The van der Waals surface area contributed by atoms with Crippen molar-refractivity contribution in [2.45, 2.75) is 109 Å². The predicted octanol–water partition coefficient (Wildman–Crippen LogP) is 6.02. The molecule has 0 unspecified atom stereocenters. The first kappa shape index (κ1) is 29.7. The zero-order valence-corrected chi connectivity index (χ0v) is 23.4. The summed E-state index contributed by atoms with van der Waals surface area (Å²) < 4.78 is 10.2. The van der Waals surface area contributed by atoms with Gasteiger partial charge in [-0.3, -0.25) is 0 Å². The summed E-state index contributed by atoms with van der Waals surface area (Å²) in [5.41, 5.74) is 2.33. The Kier molecular flexibility index (Phi) is 9.87.